The summed E-state index contributed by atoms with van der Waals surface area (Å²) in [7, 11) is 1.81. The standard InChI is InChI=1S/C9H14N4O/c1-7(6-10-2)9(14)12-8-4-3-5-11-13-8/h3-5,7,10H,6H2,1-2H3,(H,12,13,14). The van der Waals surface area contributed by atoms with Gasteiger partial charge in [0, 0.05) is 18.7 Å². The van der Waals surface area contributed by atoms with Crippen molar-refractivity contribution in [2.75, 3.05) is 18.9 Å². The SMILES string of the molecule is CNCC(C)C(=O)Nc1cccnn1. The number of carbonyl (C=O) groups is 1. The van der Waals surface area contributed by atoms with Crippen molar-refractivity contribution in [3.8, 4) is 0 Å². The Morgan fingerprint density at radius 3 is 3.00 bits per heavy atom. The van der Waals surface area contributed by atoms with E-state index < -0.39 is 0 Å². The van der Waals surface area contributed by atoms with Gasteiger partial charge in [-0.3, -0.25) is 4.79 Å². The number of carbonyl (C=O) groups excluding carboxylic acids is 1. The lowest BCUT2D eigenvalue weighted by molar-refractivity contribution is -0.119. The summed E-state index contributed by atoms with van der Waals surface area (Å²) in [6.45, 7) is 2.49. The molecule has 2 N–H and O–H groups in total. The number of hydrogen-bond acceptors (Lipinski definition) is 4. The molecule has 0 spiro atoms. The Bertz CT molecular complexity index is 288. The van der Waals surface area contributed by atoms with Gasteiger partial charge in [-0.05, 0) is 19.2 Å². The van der Waals surface area contributed by atoms with E-state index in [-0.39, 0.29) is 11.8 Å². The highest BCUT2D eigenvalue weighted by molar-refractivity contribution is 5.91. The Hall–Kier alpha value is -1.49. The molecule has 1 heterocycles. The molecule has 1 amide bonds. The molecule has 0 fully saturated rings. The molecule has 0 aliphatic carbocycles. The van der Waals surface area contributed by atoms with E-state index in [1.807, 2.05) is 14.0 Å². The summed E-state index contributed by atoms with van der Waals surface area (Å²) >= 11 is 0. The van der Waals surface area contributed by atoms with Gasteiger partial charge in [0.2, 0.25) is 5.91 Å². The van der Waals surface area contributed by atoms with E-state index in [9.17, 15) is 4.79 Å². The number of amides is 1. The van der Waals surface area contributed by atoms with E-state index in [1.165, 1.54) is 0 Å². The van der Waals surface area contributed by atoms with Crippen LogP contribution >= 0.6 is 0 Å². The average Bonchev–Trinajstić information content (AvgIpc) is 2.19. The van der Waals surface area contributed by atoms with Crippen LogP contribution in [0, 0.1) is 5.92 Å². The maximum atomic E-state index is 11.5. The average molecular weight is 194 g/mol. The molecular weight excluding hydrogens is 180 g/mol. The molecule has 0 saturated carbocycles. The fourth-order valence-corrected chi connectivity index (χ4v) is 1.02. The Morgan fingerprint density at radius 2 is 2.43 bits per heavy atom. The first-order valence-electron chi connectivity index (χ1n) is 4.47. The first-order chi connectivity index (χ1) is 6.74. The third kappa shape index (κ3) is 3.10. The van der Waals surface area contributed by atoms with Gasteiger partial charge in [-0.15, -0.1) is 5.10 Å². The fourth-order valence-electron chi connectivity index (χ4n) is 1.02. The van der Waals surface area contributed by atoms with Gasteiger partial charge in [0.05, 0.1) is 0 Å². The number of hydrogen-bond donors (Lipinski definition) is 2. The van der Waals surface area contributed by atoms with E-state index in [2.05, 4.69) is 20.8 Å². The minimum Gasteiger partial charge on any atom is -0.319 e. The van der Waals surface area contributed by atoms with Crippen LogP contribution in [0.3, 0.4) is 0 Å². The molecular formula is C9H14N4O. The summed E-state index contributed by atoms with van der Waals surface area (Å²) in [6, 6.07) is 3.43. The lowest BCUT2D eigenvalue weighted by Gasteiger charge is -2.09. The summed E-state index contributed by atoms with van der Waals surface area (Å²) in [5.74, 6) is 0.349. The largest absolute Gasteiger partial charge is 0.319 e. The van der Waals surface area contributed by atoms with Crippen molar-refractivity contribution < 1.29 is 4.79 Å². The molecule has 5 heteroatoms. The molecule has 0 aliphatic rings. The Morgan fingerprint density at radius 1 is 1.64 bits per heavy atom. The second-order valence-corrected chi connectivity index (χ2v) is 3.06. The van der Waals surface area contributed by atoms with Crippen LogP contribution < -0.4 is 10.6 Å². The highest BCUT2D eigenvalue weighted by atomic mass is 16.1. The lowest BCUT2D eigenvalue weighted by Crippen LogP contribution is -2.28. The van der Waals surface area contributed by atoms with Crippen LogP contribution in [-0.2, 0) is 4.79 Å². The van der Waals surface area contributed by atoms with Gasteiger partial charge in [0.25, 0.3) is 0 Å². The topological polar surface area (TPSA) is 66.9 Å². The third-order valence-electron chi connectivity index (χ3n) is 1.78. The van der Waals surface area contributed by atoms with Gasteiger partial charge in [-0.1, -0.05) is 6.92 Å². The quantitative estimate of drug-likeness (QED) is 0.722. The van der Waals surface area contributed by atoms with E-state index in [4.69, 9.17) is 0 Å². The molecule has 1 aromatic rings. The number of anilines is 1. The molecule has 76 valence electrons. The molecule has 5 nitrogen and oxygen atoms in total. The third-order valence-corrected chi connectivity index (χ3v) is 1.78. The van der Waals surface area contributed by atoms with Gasteiger partial charge >= 0.3 is 0 Å². The Kier molecular flexibility index (Phi) is 4.00. The molecule has 14 heavy (non-hydrogen) atoms. The Balaban J connectivity index is 2.49. The van der Waals surface area contributed by atoms with Gasteiger partial charge in [-0.2, -0.15) is 5.10 Å². The van der Waals surface area contributed by atoms with Crippen molar-refractivity contribution in [2.24, 2.45) is 5.92 Å². The molecule has 1 atom stereocenters. The zero-order chi connectivity index (χ0) is 10.4. The summed E-state index contributed by atoms with van der Waals surface area (Å²) in [4.78, 5) is 11.5. The minimum atomic E-state index is -0.0815. The molecule has 0 aromatic carbocycles. The molecule has 1 aromatic heterocycles. The normalized spacial score (nSPS) is 12.1. The lowest BCUT2D eigenvalue weighted by atomic mass is 10.1. The van der Waals surface area contributed by atoms with Gasteiger partial charge in [-0.25, -0.2) is 0 Å². The Labute approximate surface area is 82.9 Å². The molecule has 0 radical (unpaired) electrons. The number of aromatic nitrogens is 2. The fraction of sp³-hybridized carbons (Fsp3) is 0.444. The van der Waals surface area contributed by atoms with Crippen LogP contribution in [0.25, 0.3) is 0 Å². The molecule has 1 rings (SSSR count). The highest BCUT2D eigenvalue weighted by Crippen LogP contribution is 2.01. The van der Waals surface area contributed by atoms with Crippen LogP contribution in [0.15, 0.2) is 18.3 Å². The monoisotopic (exact) mass is 194 g/mol. The van der Waals surface area contributed by atoms with E-state index in [0.29, 0.717) is 12.4 Å². The van der Waals surface area contributed by atoms with Gasteiger partial charge < -0.3 is 10.6 Å². The zero-order valence-electron chi connectivity index (χ0n) is 8.32. The van der Waals surface area contributed by atoms with E-state index in [1.54, 1.807) is 18.3 Å². The summed E-state index contributed by atoms with van der Waals surface area (Å²) in [5, 5.41) is 13.0. The maximum Gasteiger partial charge on any atom is 0.229 e. The second kappa shape index (κ2) is 5.29. The summed E-state index contributed by atoms with van der Waals surface area (Å²) in [6.07, 6.45) is 1.56. The second-order valence-electron chi connectivity index (χ2n) is 3.06. The van der Waals surface area contributed by atoms with Crippen molar-refractivity contribution in [3.05, 3.63) is 18.3 Å². The minimum absolute atomic E-state index is 0.0557. The summed E-state index contributed by atoms with van der Waals surface area (Å²) in [5.41, 5.74) is 0. The predicted molar refractivity (Wildman–Crippen MR) is 53.8 cm³/mol. The van der Waals surface area contributed by atoms with Gasteiger partial charge in [0.1, 0.15) is 0 Å². The number of nitrogens with zero attached hydrogens (tertiary/aromatic N) is 2. The first kappa shape index (κ1) is 10.6. The van der Waals surface area contributed by atoms with Crippen molar-refractivity contribution in [1.82, 2.24) is 15.5 Å². The van der Waals surface area contributed by atoms with E-state index in [0.717, 1.165) is 0 Å². The van der Waals surface area contributed by atoms with Crippen LogP contribution in [0.1, 0.15) is 6.92 Å². The highest BCUT2D eigenvalue weighted by Gasteiger charge is 2.11. The number of nitrogens with one attached hydrogen (secondary N) is 2. The summed E-state index contributed by atoms with van der Waals surface area (Å²) < 4.78 is 0. The predicted octanol–water partition coefficient (Wildman–Crippen LogP) is 0.271. The van der Waals surface area contributed by atoms with Crippen molar-refractivity contribution >= 4 is 11.7 Å². The number of rotatable bonds is 4. The maximum absolute atomic E-state index is 11.5. The molecule has 1 unspecified atom stereocenters. The van der Waals surface area contributed by atoms with Crippen molar-refractivity contribution in [2.45, 2.75) is 6.92 Å². The van der Waals surface area contributed by atoms with Crippen molar-refractivity contribution in [3.63, 3.8) is 0 Å². The smallest absolute Gasteiger partial charge is 0.229 e. The van der Waals surface area contributed by atoms with Gasteiger partial charge in [0.15, 0.2) is 5.82 Å². The van der Waals surface area contributed by atoms with Crippen LogP contribution in [0.5, 0.6) is 0 Å². The van der Waals surface area contributed by atoms with Crippen LogP contribution in [0.4, 0.5) is 5.82 Å². The molecule has 0 aliphatic heterocycles. The van der Waals surface area contributed by atoms with Crippen molar-refractivity contribution in [1.29, 1.82) is 0 Å². The zero-order valence-corrected chi connectivity index (χ0v) is 8.32. The molecule has 0 saturated heterocycles. The van der Waals surface area contributed by atoms with E-state index >= 15 is 0 Å². The van der Waals surface area contributed by atoms with Crippen LogP contribution in [0.2, 0.25) is 0 Å². The molecule has 0 bridgehead atoms. The van der Waals surface area contributed by atoms with Crippen LogP contribution in [-0.4, -0.2) is 29.7 Å². The first-order valence-corrected chi connectivity index (χ1v) is 4.47.